The standard InChI is InChI=1S/C27H33BrP/c1-22-8-14-25(15-9-22)29(21-7-5-4-6-20-28,26-16-10-23(2)11-17-26)27-18-12-24(3)13-19-27/h8-19H,4-7,20-21H2,1-3H3/q+1. The molecular formula is C27H33BrP+. The summed E-state index contributed by atoms with van der Waals surface area (Å²) in [5, 5.41) is 5.64. The highest BCUT2D eigenvalue weighted by atomic mass is 79.9. The third kappa shape index (κ3) is 5.39. The molecule has 0 aliphatic carbocycles. The minimum absolute atomic E-state index is 1.11. The van der Waals surface area contributed by atoms with Crippen LogP contribution in [-0.4, -0.2) is 11.5 Å². The van der Waals surface area contributed by atoms with Crippen molar-refractivity contribution in [3.63, 3.8) is 0 Å². The molecule has 0 atom stereocenters. The highest BCUT2D eigenvalue weighted by molar-refractivity contribution is 9.09. The number of hydrogen-bond donors (Lipinski definition) is 0. The minimum atomic E-state index is -1.67. The van der Waals surface area contributed by atoms with Crippen LogP contribution in [0.25, 0.3) is 0 Å². The maximum absolute atomic E-state index is 3.58. The van der Waals surface area contributed by atoms with Gasteiger partial charge in [0.15, 0.2) is 0 Å². The summed E-state index contributed by atoms with van der Waals surface area (Å²) in [5.74, 6) is 0. The van der Waals surface area contributed by atoms with Gasteiger partial charge in [-0.2, -0.15) is 0 Å². The van der Waals surface area contributed by atoms with Gasteiger partial charge in [-0.3, -0.25) is 0 Å². The number of aryl methyl sites for hydroxylation is 3. The fourth-order valence-electron chi connectivity index (χ4n) is 4.03. The van der Waals surface area contributed by atoms with Gasteiger partial charge >= 0.3 is 0 Å². The second-order valence-corrected chi connectivity index (χ2v) is 12.6. The molecule has 0 bridgehead atoms. The van der Waals surface area contributed by atoms with Crippen molar-refractivity contribution in [1.82, 2.24) is 0 Å². The lowest BCUT2D eigenvalue weighted by Crippen LogP contribution is -2.33. The van der Waals surface area contributed by atoms with Gasteiger partial charge in [-0.25, -0.2) is 0 Å². The predicted octanol–water partition coefficient (Wildman–Crippen LogP) is 6.86. The maximum atomic E-state index is 3.58. The monoisotopic (exact) mass is 467 g/mol. The third-order valence-electron chi connectivity index (χ3n) is 5.80. The number of alkyl halides is 1. The predicted molar refractivity (Wildman–Crippen MR) is 136 cm³/mol. The molecule has 0 nitrogen and oxygen atoms in total. The number of benzene rings is 3. The van der Waals surface area contributed by atoms with Crippen LogP contribution in [0.1, 0.15) is 42.4 Å². The Balaban J connectivity index is 2.12. The number of halogens is 1. The Morgan fingerprint density at radius 2 is 0.862 bits per heavy atom. The zero-order valence-electron chi connectivity index (χ0n) is 18.0. The summed E-state index contributed by atoms with van der Waals surface area (Å²) in [6.07, 6.45) is 6.39. The Morgan fingerprint density at radius 3 is 1.21 bits per heavy atom. The average molecular weight is 468 g/mol. The van der Waals surface area contributed by atoms with Gasteiger partial charge in [-0.15, -0.1) is 0 Å². The van der Waals surface area contributed by atoms with Crippen LogP contribution in [0.2, 0.25) is 0 Å². The normalized spacial score (nSPS) is 11.6. The van der Waals surface area contributed by atoms with Crippen LogP contribution < -0.4 is 15.9 Å². The fraction of sp³-hybridized carbons (Fsp3) is 0.333. The van der Waals surface area contributed by atoms with Gasteiger partial charge in [0.1, 0.15) is 23.2 Å². The van der Waals surface area contributed by atoms with Gasteiger partial charge in [0.2, 0.25) is 0 Å². The smallest absolute Gasteiger partial charge is 0.0928 e. The molecular weight excluding hydrogens is 435 g/mol. The molecule has 3 aromatic carbocycles. The second-order valence-electron chi connectivity index (χ2n) is 8.14. The molecule has 0 aliphatic heterocycles. The number of hydrogen-bond acceptors (Lipinski definition) is 0. The quantitative estimate of drug-likeness (QED) is 0.183. The van der Waals surface area contributed by atoms with E-state index >= 15 is 0 Å². The first-order valence-electron chi connectivity index (χ1n) is 10.7. The van der Waals surface area contributed by atoms with Gasteiger partial charge in [0.25, 0.3) is 0 Å². The SMILES string of the molecule is Cc1ccc([P+](CCCCCCBr)(c2ccc(C)cc2)c2ccc(C)cc2)cc1. The summed E-state index contributed by atoms with van der Waals surface area (Å²) in [4.78, 5) is 0. The molecule has 3 aromatic rings. The van der Waals surface area contributed by atoms with Crippen LogP contribution >= 0.6 is 23.2 Å². The lowest BCUT2D eigenvalue weighted by Gasteiger charge is -2.28. The maximum Gasteiger partial charge on any atom is 0.112 e. The van der Waals surface area contributed by atoms with E-state index in [2.05, 4.69) is 109 Å². The van der Waals surface area contributed by atoms with Crippen LogP contribution in [0.4, 0.5) is 0 Å². The minimum Gasteiger partial charge on any atom is -0.0928 e. The molecule has 0 amide bonds. The molecule has 3 rings (SSSR count). The highest BCUT2D eigenvalue weighted by Gasteiger charge is 2.44. The van der Waals surface area contributed by atoms with Crippen LogP contribution in [0.15, 0.2) is 72.8 Å². The second kappa shape index (κ2) is 10.6. The Kier molecular flexibility index (Phi) is 8.10. The van der Waals surface area contributed by atoms with Gasteiger partial charge in [0, 0.05) is 5.33 Å². The molecule has 0 heterocycles. The third-order valence-corrected chi connectivity index (χ3v) is 10.9. The molecule has 0 spiro atoms. The Morgan fingerprint density at radius 1 is 0.517 bits per heavy atom. The highest BCUT2D eigenvalue weighted by Crippen LogP contribution is 2.56. The molecule has 0 fully saturated rings. The fourth-order valence-corrected chi connectivity index (χ4v) is 8.77. The Labute approximate surface area is 186 Å². The van der Waals surface area contributed by atoms with E-state index in [1.807, 2.05) is 0 Å². The summed E-state index contributed by atoms with van der Waals surface area (Å²) >= 11 is 3.58. The van der Waals surface area contributed by atoms with E-state index in [4.69, 9.17) is 0 Å². The van der Waals surface area contributed by atoms with Crippen molar-refractivity contribution in [2.45, 2.75) is 46.5 Å². The van der Waals surface area contributed by atoms with Crippen LogP contribution in [-0.2, 0) is 0 Å². The van der Waals surface area contributed by atoms with Gasteiger partial charge in [-0.1, -0.05) is 75.4 Å². The van der Waals surface area contributed by atoms with Crippen molar-refractivity contribution >= 4 is 39.1 Å². The number of unbranched alkanes of at least 4 members (excludes halogenated alkanes) is 3. The van der Waals surface area contributed by atoms with E-state index in [-0.39, 0.29) is 0 Å². The summed E-state index contributed by atoms with van der Waals surface area (Å²) in [6.45, 7) is 6.55. The molecule has 0 unspecified atom stereocenters. The molecule has 0 N–H and O–H groups in total. The largest absolute Gasteiger partial charge is 0.112 e. The molecule has 152 valence electrons. The zero-order valence-corrected chi connectivity index (χ0v) is 20.5. The summed E-state index contributed by atoms with van der Waals surface area (Å²) in [6, 6.07) is 28.1. The average Bonchev–Trinajstić information content (AvgIpc) is 2.73. The summed E-state index contributed by atoms with van der Waals surface area (Å²) in [7, 11) is -1.67. The van der Waals surface area contributed by atoms with E-state index in [9.17, 15) is 0 Å². The van der Waals surface area contributed by atoms with Crippen molar-refractivity contribution in [3.8, 4) is 0 Å². The van der Waals surface area contributed by atoms with Gasteiger partial charge < -0.3 is 0 Å². The lowest BCUT2D eigenvalue weighted by atomic mass is 10.2. The Hall–Kier alpha value is -1.43. The first-order chi connectivity index (χ1) is 14.1. The van der Waals surface area contributed by atoms with Gasteiger partial charge in [0.05, 0.1) is 6.16 Å². The molecule has 0 radical (unpaired) electrons. The summed E-state index contributed by atoms with van der Waals surface area (Å²) in [5.41, 5.74) is 3.99. The molecule has 2 heteroatoms. The molecule has 0 saturated heterocycles. The molecule has 0 aliphatic rings. The van der Waals surface area contributed by atoms with E-state index in [1.165, 1.54) is 64.4 Å². The Bertz CT molecular complexity index is 768. The summed E-state index contributed by atoms with van der Waals surface area (Å²) < 4.78 is 0. The molecule has 29 heavy (non-hydrogen) atoms. The van der Waals surface area contributed by atoms with Crippen molar-refractivity contribution < 1.29 is 0 Å². The van der Waals surface area contributed by atoms with Crippen molar-refractivity contribution in [3.05, 3.63) is 89.5 Å². The van der Waals surface area contributed by atoms with Crippen molar-refractivity contribution in [1.29, 1.82) is 0 Å². The number of rotatable bonds is 9. The van der Waals surface area contributed by atoms with Crippen LogP contribution in [0.3, 0.4) is 0 Å². The van der Waals surface area contributed by atoms with E-state index in [1.54, 1.807) is 0 Å². The lowest BCUT2D eigenvalue weighted by molar-refractivity contribution is 0.711. The van der Waals surface area contributed by atoms with E-state index in [0.717, 1.165) is 5.33 Å². The molecule has 0 aromatic heterocycles. The zero-order chi connectivity index (χ0) is 20.7. The van der Waals surface area contributed by atoms with Crippen molar-refractivity contribution in [2.24, 2.45) is 0 Å². The topological polar surface area (TPSA) is 0 Å². The van der Waals surface area contributed by atoms with Crippen molar-refractivity contribution in [2.75, 3.05) is 11.5 Å². The first kappa shape index (κ1) is 22.3. The van der Waals surface area contributed by atoms with Crippen LogP contribution in [0.5, 0.6) is 0 Å². The first-order valence-corrected chi connectivity index (χ1v) is 13.8. The van der Waals surface area contributed by atoms with Crippen LogP contribution in [0, 0.1) is 20.8 Å². The van der Waals surface area contributed by atoms with Gasteiger partial charge in [-0.05, 0) is 76.4 Å². The van der Waals surface area contributed by atoms with E-state index in [0.29, 0.717) is 0 Å². The molecule has 0 saturated carbocycles. The van der Waals surface area contributed by atoms with E-state index < -0.39 is 7.26 Å².